The smallest absolute Gasteiger partial charge is 0.0968 e. The Morgan fingerprint density at radius 1 is 0.636 bits per heavy atom. The third kappa shape index (κ3) is 4.64. The average Bonchev–Trinajstić information content (AvgIpc) is 2.55. The molecule has 4 heteroatoms. The van der Waals surface area contributed by atoms with Crippen molar-refractivity contribution in [2.45, 2.75) is 37.1 Å². The number of aliphatic hydroxyl groups excluding tert-OH is 2. The highest BCUT2D eigenvalue weighted by Crippen LogP contribution is 2.11. The Balaban J connectivity index is 1.91. The summed E-state index contributed by atoms with van der Waals surface area (Å²) in [4.78, 5) is 0. The zero-order valence-electron chi connectivity index (χ0n) is 12.5. The summed E-state index contributed by atoms with van der Waals surface area (Å²) >= 11 is 0. The molecule has 6 N–H and O–H groups in total. The van der Waals surface area contributed by atoms with E-state index in [9.17, 15) is 10.2 Å². The Morgan fingerprint density at radius 3 is 1.27 bits per heavy atom. The molecule has 0 saturated heterocycles. The van der Waals surface area contributed by atoms with Crippen LogP contribution >= 0.6 is 0 Å². The first-order valence-corrected chi connectivity index (χ1v) is 7.53. The van der Waals surface area contributed by atoms with E-state index in [4.69, 9.17) is 11.5 Å². The van der Waals surface area contributed by atoms with Gasteiger partial charge in [0.2, 0.25) is 0 Å². The standard InChI is InChI=1S/C18H24N2O2/c19-15(11-13-7-3-1-4-8-13)17(21)18(22)16(20)12-14-9-5-2-6-10-14/h1-10,15-18,21-22H,11-12,19-20H2/t15-,16-,17+,18+/m0/s1. The second-order valence-corrected chi connectivity index (χ2v) is 5.69. The first kappa shape index (κ1) is 16.6. The van der Waals surface area contributed by atoms with E-state index in [1.54, 1.807) is 0 Å². The van der Waals surface area contributed by atoms with Crippen molar-refractivity contribution in [1.29, 1.82) is 0 Å². The van der Waals surface area contributed by atoms with Crippen molar-refractivity contribution < 1.29 is 10.2 Å². The first-order valence-electron chi connectivity index (χ1n) is 7.53. The fourth-order valence-electron chi connectivity index (χ4n) is 2.52. The summed E-state index contributed by atoms with van der Waals surface area (Å²) in [6, 6.07) is 18.2. The lowest BCUT2D eigenvalue weighted by Crippen LogP contribution is -2.52. The Hall–Kier alpha value is -1.72. The second-order valence-electron chi connectivity index (χ2n) is 5.69. The van der Waals surface area contributed by atoms with Crippen LogP contribution in [0.4, 0.5) is 0 Å². The maximum atomic E-state index is 10.2. The number of rotatable bonds is 7. The summed E-state index contributed by atoms with van der Waals surface area (Å²) in [7, 11) is 0. The predicted molar refractivity (Wildman–Crippen MR) is 88.3 cm³/mol. The van der Waals surface area contributed by atoms with E-state index in [-0.39, 0.29) is 0 Å². The molecule has 0 fully saturated rings. The molecular formula is C18H24N2O2. The molecule has 2 aromatic carbocycles. The molecule has 2 rings (SSSR count). The fraction of sp³-hybridized carbons (Fsp3) is 0.333. The highest BCUT2D eigenvalue weighted by atomic mass is 16.3. The molecule has 0 amide bonds. The van der Waals surface area contributed by atoms with Crippen molar-refractivity contribution in [3.8, 4) is 0 Å². The quantitative estimate of drug-likeness (QED) is 0.610. The Kier molecular flexibility index (Phi) is 6.10. The molecule has 0 unspecified atom stereocenters. The van der Waals surface area contributed by atoms with Crippen molar-refractivity contribution in [2.75, 3.05) is 0 Å². The maximum absolute atomic E-state index is 10.2. The van der Waals surface area contributed by atoms with Gasteiger partial charge in [-0.25, -0.2) is 0 Å². The Morgan fingerprint density at radius 2 is 0.955 bits per heavy atom. The molecule has 0 aromatic heterocycles. The molecule has 0 radical (unpaired) electrons. The second kappa shape index (κ2) is 8.06. The van der Waals surface area contributed by atoms with Gasteiger partial charge < -0.3 is 21.7 Å². The number of benzene rings is 2. The van der Waals surface area contributed by atoms with E-state index in [0.29, 0.717) is 12.8 Å². The number of nitrogens with two attached hydrogens (primary N) is 2. The first-order chi connectivity index (χ1) is 10.6. The van der Waals surface area contributed by atoms with Crippen LogP contribution in [0.1, 0.15) is 11.1 Å². The predicted octanol–water partition coefficient (Wildman–Crippen LogP) is 0.848. The molecule has 0 aliphatic heterocycles. The number of hydrogen-bond donors (Lipinski definition) is 4. The normalized spacial score (nSPS) is 16.7. The zero-order valence-corrected chi connectivity index (χ0v) is 12.5. The van der Waals surface area contributed by atoms with Crippen LogP contribution in [0.5, 0.6) is 0 Å². The van der Waals surface area contributed by atoms with Gasteiger partial charge in [-0.1, -0.05) is 60.7 Å². The monoisotopic (exact) mass is 300 g/mol. The van der Waals surface area contributed by atoms with Crippen LogP contribution in [0, 0.1) is 0 Å². The third-order valence-electron chi connectivity index (χ3n) is 3.86. The average molecular weight is 300 g/mol. The van der Waals surface area contributed by atoms with Crippen LogP contribution in [0.3, 0.4) is 0 Å². The van der Waals surface area contributed by atoms with Crippen LogP contribution in [0.25, 0.3) is 0 Å². The largest absolute Gasteiger partial charge is 0.389 e. The van der Waals surface area contributed by atoms with Crippen LogP contribution in [-0.4, -0.2) is 34.5 Å². The van der Waals surface area contributed by atoms with Crippen LogP contribution in [-0.2, 0) is 12.8 Å². The van der Waals surface area contributed by atoms with Crippen molar-refractivity contribution >= 4 is 0 Å². The van der Waals surface area contributed by atoms with Crippen LogP contribution in [0.15, 0.2) is 60.7 Å². The highest BCUT2D eigenvalue weighted by molar-refractivity contribution is 5.18. The molecule has 4 atom stereocenters. The van der Waals surface area contributed by atoms with Gasteiger partial charge in [0.25, 0.3) is 0 Å². The summed E-state index contributed by atoms with van der Waals surface area (Å²) in [6.45, 7) is 0. The van der Waals surface area contributed by atoms with Crippen LogP contribution < -0.4 is 11.5 Å². The van der Waals surface area contributed by atoms with E-state index in [1.165, 1.54) is 0 Å². The van der Waals surface area contributed by atoms with E-state index >= 15 is 0 Å². The maximum Gasteiger partial charge on any atom is 0.0968 e. The topological polar surface area (TPSA) is 92.5 Å². The number of aliphatic hydroxyl groups is 2. The molecule has 0 bridgehead atoms. The van der Waals surface area contributed by atoms with E-state index in [0.717, 1.165) is 11.1 Å². The van der Waals surface area contributed by atoms with Gasteiger partial charge in [0, 0.05) is 12.1 Å². The molecule has 22 heavy (non-hydrogen) atoms. The molecule has 0 saturated carbocycles. The molecule has 0 aliphatic carbocycles. The molecule has 2 aromatic rings. The van der Waals surface area contributed by atoms with Gasteiger partial charge in [0.1, 0.15) is 0 Å². The lowest BCUT2D eigenvalue weighted by molar-refractivity contribution is -0.00975. The van der Waals surface area contributed by atoms with E-state index in [1.807, 2.05) is 60.7 Å². The van der Waals surface area contributed by atoms with Gasteiger partial charge in [-0.15, -0.1) is 0 Å². The van der Waals surface area contributed by atoms with Gasteiger partial charge >= 0.3 is 0 Å². The molecular weight excluding hydrogens is 276 g/mol. The number of hydrogen-bond acceptors (Lipinski definition) is 4. The van der Waals surface area contributed by atoms with E-state index < -0.39 is 24.3 Å². The van der Waals surface area contributed by atoms with Gasteiger partial charge in [-0.2, -0.15) is 0 Å². The lowest BCUT2D eigenvalue weighted by Gasteiger charge is -2.28. The minimum atomic E-state index is -1.06. The fourth-order valence-corrected chi connectivity index (χ4v) is 2.52. The molecule has 4 nitrogen and oxygen atoms in total. The van der Waals surface area contributed by atoms with Crippen molar-refractivity contribution in [2.24, 2.45) is 11.5 Å². The SMILES string of the molecule is N[C@@H](Cc1ccccc1)[C@@H](O)[C@H](O)[C@@H](N)Cc1ccccc1. The van der Waals surface area contributed by atoms with Crippen LogP contribution in [0.2, 0.25) is 0 Å². The lowest BCUT2D eigenvalue weighted by atomic mass is 9.92. The minimum absolute atomic E-state index is 0.497. The summed E-state index contributed by atoms with van der Waals surface area (Å²) in [5, 5.41) is 20.5. The van der Waals surface area contributed by atoms with E-state index in [2.05, 4.69) is 0 Å². The molecule has 118 valence electrons. The Bertz CT molecular complexity index is 496. The van der Waals surface area contributed by atoms with Gasteiger partial charge in [0.05, 0.1) is 12.2 Å². The van der Waals surface area contributed by atoms with Crippen molar-refractivity contribution in [1.82, 2.24) is 0 Å². The highest BCUT2D eigenvalue weighted by Gasteiger charge is 2.28. The third-order valence-corrected chi connectivity index (χ3v) is 3.86. The molecule has 0 spiro atoms. The van der Waals surface area contributed by atoms with Gasteiger partial charge in [-0.05, 0) is 24.0 Å². The summed E-state index contributed by atoms with van der Waals surface area (Å²) in [5.41, 5.74) is 14.1. The zero-order chi connectivity index (χ0) is 15.9. The van der Waals surface area contributed by atoms with Crippen molar-refractivity contribution in [3.63, 3.8) is 0 Å². The Labute approximate surface area is 131 Å². The summed E-state index contributed by atoms with van der Waals surface area (Å²) in [6.07, 6.45) is -1.12. The molecule has 0 heterocycles. The van der Waals surface area contributed by atoms with Crippen molar-refractivity contribution in [3.05, 3.63) is 71.8 Å². The molecule has 0 aliphatic rings. The van der Waals surface area contributed by atoms with Gasteiger partial charge in [0.15, 0.2) is 0 Å². The van der Waals surface area contributed by atoms with Gasteiger partial charge in [-0.3, -0.25) is 0 Å². The minimum Gasteiger partial charge on any atom is -0.389 e. The summed E-state index contributed by atoms with van der Waals surface area (Å²) < 4.78 is 0. The summed E-state index contributed by atoms with van der Waals surface area (Å²) in [5.74, 6) is 0.